The first kappa shape index (κ1) is 18.8. The summed E-state index contributed by atoms with van der Waals surface area (Å²) in [7, 11) is 0. The van der Waals surface area contributed by atoms with E-state index < -0.39 is 6.09 Å². The van der Waals surface area contributed by atoms with Crippen molar-refractivity contribution in [1.29, 1.82) is 0 Å². The quantitative estimate of drug-likeness (QED) is 0.821. The van der Waals surface area contributed by atoms with Crippen molar-refractivity contribution >= 4 is 17.6 Å². The molecular formula is C21H26N4O2. The molecule has 1 aliphatic rings. The fourth-order valence-electron chi connectivity index (χ4n) is 2.75. The highest BCUT2D eigenvalue weighted by Crippen LogP contribution is 2.16. The third-order valence-electron chi connectivity index (χ3n) is 4.30. The number of anilines is 1. The summed E-state index contributed by atoms with van der Waals surface area (Å²) in [5.74, 6) is 1.38. The molecule has 6 heteroatoms. The van der Waals surface area contributed by atoms with E-state index >= 15 is 0 Å². The number of rotatable bonds is 6. The zero-order valence-corrected chi connectivity index (χ0v) is 15.8. The Kier molecular flexibility index (Phi) is 6.30. The summed E-state index contributed by atoms with van der Waals surface area (Å²) in [6.07, 6.45) is -0.418. The number of carbonyl (C=O) groups is 1. The van der Waals surface area contributed by atoms with Gasteiger partial charge in [0.2, 0.25) is 0 Å². The summed E-state index contributed by atoms with van der Waals surface area (Å²) < 4.78 is 5.22. The fraction of sp³-hybridized carbons (Fsp3) is 0.333. The smallest absolute Gasteiger partial charge is 0.407 e. The van der Waals surface area contributed by atoms with Crippen LogP contribution < -0.4 is 15.8 Å². The normalized spacial score (nSPS) is 13.7. The monoisotopic (exact) mass is 366 g/mol. The van der Waals surface area contributed by atoms with E-state index in [-0.39, 0.29) is 6.61 Å². The van der Waals surface area contributed by atoms with E-state index in [1.165, 1.54) is 0 Å². The molecule has 3 rings (SSSR count). The van der Waals surface area contributed by atoms with Gasteiger partial charge >= 0.3 is 6.09 Å². The number of aliphatic imine (C=N–C) groups is 1. The van der Waals surface area contributed by atoms with Crippen molar-refractivity contribution in [3.05, 3.63) is 65.7 Å². The van der Waals surface area contributed by atoms with Gasteiger partial charge in [-0.1, -0.05) is 56.3 Å². The van der Waals surface area contributed by atoms with Crippen molar-refractivity contribution in [2.75, 3.05) is 18.1 Å². The molecule has 0 aliphatic carbocycles. The van der Waals surface area contributed by atoms with Crippen LogP contribution in [0.3, 0.4) is 0 Å². The molecule has 0 radical (unpaired) electrons. The first-order valence-corrected chi connectivity index (χ1v) is 9.24. The Balaban J connectivity index is 1.46. The zero-order chi connectivity index (χ0) is 19.1. The number of hydrogen-bond donors (Lipinski definition) is 2. The second-order valence-corrected chi connectivity index (χ2v) is 6.77. The maximum Gasteiger partial charge on any atom is 0.407 e. The van der Waals surface area contributed by atoms with E-state index in [0.29, 0.717) is 12.5 Å². The highest BCUT2D eigenvalue weighted by Gasteiger charge is 2.15. The van der Waals surface area contributed by atoms with Gasteiger partial charge in [-0.05, 0) is 23.3 Å². The van der Waals surface area contributed by atoms with Crippen LogP contribution in [0.2, 0.25) is 0 Å². The number of hydrogen-bond acceptors (Lipinski definition) is 5. The lowest BCUT2D eigenvalue weighted by atomic mass is 10.2. The van der Waals surface area contributed by atoms with Crippen LogP contribution in [0, 0.1) is 5.92 Å². The van der Waals surface area contributed by atoms with E-state index in [1.807, 2.05) is 54.6 Å². The van der Waals surface area contributed by atoms with E-state index in [2.05, 4.69) is 34.6 Å². The molecule has 1 amide bonds. The molecule has 0 fully saturated rings. The van der Waals surface area contributed by atoms with Gasteiger partial charge in [-0.2, -0.15) is 0 Å². The lowest BCUT2D eigenvalue weighted by Gasteiger charge is -2.31. The number of hydrazine groups is 1. The highest BCUT2D eigenvalue weighted by molar-refractivity contribution is 5.86. The topological polar surface area (TPSA) is 66.0 Å². The van der Waals surface area contributed by atoms with Gasteiger partial charge in [0.15, 0.2) is 0 Å². The Morgan fingerprint density at radius 2 is 1.89 bits per heavy atom. The zero-order valence-electron chi connectivity index (χ0n) is 15.8. The Morgan fingerprint density at radius 3 is 2.59 bits per heavy atom. The number of carbonyl (C=O) groups excluding carboxylic acids is 1. The Bertz CT molecular complexity index is 773. The van der Waals surface area contributed by atoms with Crippen LogP contribution in [-0.4, -0.2) is 25.0 Å². The second-order valence-electron chi connectivity index (χ2n) is 6.77. The van der Waals surface area contributed by atoms with E-state index in [4.69, 9.17) is 4.74 Å². The van der Waals surface area contributed by atoms with Crippen molar-refractivity contribution in [3.8, 4) is 0 Å². The lowest BCUT2D eigenvalue weighted by Crippen LogP contribution is -2.49. The standard InChI is InChI=1S/C21H26N4O2/c1-16(2)20-22-12-13-25(24-20)19-10-8-17(9-11-19)14-23-21(26)27-15-18-6-4-3-5-7-18/h3-11,16H,12-15H2,1-2H3,(H,22,24)(H,23,26). The molecule has 27 heavy (non-hydrogen) atoms. The van der Waals surface area contributed by atoms with Crippen molar-refractivity contribution in [3.63, 3.8) is 0 Å². The van der Waals surface area contributed by atoms with E-state index in [1.54, 1.807) is 0 Å². The molecule has 142 valence electrons. The third kappa shape index (κ3) is 5.48. The molecule has 0 unspecified atom stereocenters. The minimum atomic E-state index is -0.418. The Hall–Kier alpha value is -3.02. The SMILES string of the molecule is CC(C)C1=NCCN(c2ccc(CNC(=O)OCc3ccccc3)cc2)N1. The van der Waals surface area contributed by atoms with E-state index in [9.17, 15) is 4.79 Å². The molecule has 6 nitrogen and oxygen atoms in total. The largest absolute Gasteiger partial charge is 0.445 e. The minimum absolute atomic E-state index is 0.270. The first-order valence-electron chi connectivity index (χ1n) is 9.24. The molecule has 0 aromatic heterocycles. The predicted octanol–water partition coefficient (Wildman–Crippen LogP) is 3.49. The molecule has 0 atom stereocenters. The van der Waals surface area contributed by atoms with Crippen LogP contribution in [0.5, 0.6) is 0 Å². The van der Waals surface area contributed by atoms with Gasteiger partial charge in [0, 0.05) is 12.5 Å². The summed E-state index contributed by atoms with van der Waals surface area (Å²) in [4.78, 5) is 16.4. The number of ether oxygens (including phenoxy) is 1. The second kappa shape index (κ2) is 9.07. The third-order valence-corrected chi connectivity index (χ3v) is 4.30. The van der Waals surface area contributed by atoms with Gasteiger partial charge in [0.05, 0.1) is 18.8 Å². The summed E-state index contributed by atoms with van der Waals surface area (Å²) in [5, 5.41) is 4.89. The average molecular weight is 366 g/mol. The maximum absolute atomic E-state index is 11.8. The van der Waals surface area contributed by atoms with Crippen molar-refractivity contribution in [2.45, 2.75) is 27.0 Å². The van der Waals surface area contributed by atoms with Crippen molar-refractivity contribution in [1.82, 2.24) is 10.7 Å². The van der Waals surface area contributed by atoms with Crippen LogP contribution in [-0.2, 0) is 17.9 Å². The molecule has 0 spiro atoms. The lowest BCUT2D eigenvalue weighted by molar-refractivity contribution is 0.139. The van der Waals surface area contributed by atoms with Crippen LogP contribution in [0.25, 0.3) is 0 Å². The predicted molar refractivity (Wildman–Crippen MR) is 108 cm³/mol. The molecule has 2 aromatic rings. The van der Waals surface area contributed by atoms with Gasteiger partial charge in [0.25, 0.3) is 0 Å². The van der Waals surface area contributed by atoms with Gasteiger partial charge < -0.3 is 10.1 Å². The van der Waals surface area contributed by atoms with Crippen LogP contribution in [0.4, 0.5) is 10.5 Å². The summed E-state index contributed by atoms with van der Waals surface area (Å²) in [6.45, 7) is 6.57. The molecule has 2 aromatic carbocycles. The first-order chi connectivity index (χ1) is 13.1. The van der Waals surface area contributed by atoms with Gasteiger partial charge in [0.1, 0.15) is 12.4 Å². The van der Waals surface area contributed by atoms with Gasteiger partial charge in [-0.3, -0.25) is 15.4 Å². The van der Waals surface area contributed by atoms with Gasteiger partial charge in [-0.15, -0.1) is 0 Å². The summed E-state index contributed by atoms with van der Waals surface area (Å²) in [5.41, 5.74) is 6.43. The van der Waals surface area contributed by atoms with E-state index in [0.717, 1.165) is 35.7 Å². The average Bonchev–Trinajstić information content (AvgIpc) is 2.72. The molecule has 1 heterocycles. The van der Waals surface area contributed by atoms with Gasteiger partial charge in [-0.25, -0.2) is 4.79 Å². The molecule has 0 saturated carbocycles. The Morgan fingerprint density at radius 1 is 1.15 bits per heavy atom. The van der Waals surface area contributed by atoms with Crippen LogP contribution in [0.1, 0.15) is 25.0 Å². The molecular weight excluding hydrogens is 340 g/mol. The van der Waals surface area contributed by atoms with Crippen molar-refractivity contribution < 1.29 is 9.53 Å². The molecule has 0 saturated heterocycles. The number of amidine groups is 1. The molecule has 1 aliphatic heterocycles. The number of nitrogens with zero attached hydrogens (tertiary/aromatic N) is 2. The number of alkyl carbamates (subject to hydrolysis) is 1. The highest BCUT2D eigenvalue weighted by atomic mass is 16.5. The summed E-state index contributed by atoms with van der Waals surface area (Å²) >= 11 is 0. The molecule has 0 bridgehead atoms. The van der Waals surface area contributed by atoms with Crippen LogP contribution in [0.15, 0.2) is 59.6 Å². The number of benzene rings is 2. The van der Waals surface area contributed by atoms with Crippen LogP contribution >= 0.6 is 0 Å². The summed E-state index contributed by atoms with van der Waals surface area (Å²) in [6, 6.07) is 17.7. The molecule has 2 N–H and O–H groups in total. The Labute approximate surface area is 160 Å². The number of nitrogens with one attached hydrogen (secondary N) is 2. The fourth-order valence-corrected chi connectivity index (χ4v) is 2.75. The number of amides is 1. The van der Waals surface area contributed by atoms with Crippen molar-refractivity contribution in [2.24, 2.45) is 10.9 Å². The minimum Gasteiger partial charge on any atom is -0.445 e. The maximum atomic E-state index is 11.8.